The Morgan fingerprint density at radius 1 is 1.28 bits per heavy atom. The maximum atomic E-state index is 12.4. The Morgan fingerprint density at radius 2 is 1.88 bits per heavy atom. The highest BCUT2D eigenvalue weighted by Gasteiger charge is 2.49. The van der Waals surface area contributed by atoms with Gasteiger partial charge in [-0.1, -0.05) is 0 Å². The fourth-order valence-corrected chi connectivity index (χ4v) is 2.32. The molecule has 1 unspecified atom stereocenters. The SMILES string of the molecule is CCOC(=O)C(C)(c1nc(CC(C)(C)C(=O)OC)co1)C(C#N)C#N. The Labute approximate surface area is 146 Å². The standard InChI is InChI=1S/C17H21N3O5/c1-6-24-15(22)17(4,11(8-18)9-19)13-20-12(10-25-13)7-16(2,3)14(21)23-5/h10-11H,6-7H2,1-5H3. The molecule has 0 aliphatic rings. The molecule has 1 heterocycles. The van der Waals surface area contributed by atoms with Gasteiger partial charge < -0.3 is 13.9 Å². The number of carbonyl (C=O) groups is 2. The number of aromatic nitrogens is 1. The lowest BCUT2D eigenvalue weighted by atomic mass is 9.78. The summed E-state index contributed by atoms with van der Waals surface area (Å²) < 4.78 is 15.1. The van der Waals surface area contributed by atoms with Crippen LogP contribution in [0.3, 0.4) is 0 Å². The van der Waals surface area contributed by atoms with Crippen LogP contribution in [0.5, 0.6) is 0 Å². The number of hydrogen-bond donors (Lipinski definition) is 0. The molecule has 1 rings (SSSR count). The average molecular weight is 347 g/mol. The van der Waals surface area contributed by atoms with Crippen LogP contribution in [0.25, 0.3) is 0 Å². The van der Waals surface area contributed by atoms with Crippen LogP contribution in [0.4, 0.5) is 0 Å². The number of hydrogen-bond acceptors (Lipinski definition) is 8. The lowest BCUT2D eigenvalue weighted by Crippen LogP contribution is -2.41. The van der Waals surface area contributed by atoms with E-state index in [1.54, 1.807) is 32.9 Å². The molecule has 0 saturated carbocycles. The van der Waals surface area contributed by atoms with E-state index in [0.717, 1.165) is 0 Å². The van der Waals surface area contributed by atoms with Gasteiger partial charge in [-0.15, -0.1) is 0 Å². The lowest BCUT2D eigenvalue weighted by molar-refractivity contribution is -0.152. The van der Waals surface area contributed by atoms with Crippen LogP contribution in [-0.4, -0.2) is 30.6 Å². The van der Waals surface area contributed by atoms with Gasteiger partial charge in [0, 0.05) is 6.42 Å². The molecule has 0 bridgehead atoms. The lowest BCUT2D eigenvalue weighted by Gasteiger charge is -2.24. The first kappa shape index (κ1) is 20.2. The van der Waals surface area contributed by atoms with Gasteiger partial charge in [0.2, 0.25) is 5.89 Å². The molecule has 8 heteroatoms. The van der Waals surface area contributed by atoms with E-state index in [1.165, 1.54) is 20.3 Å². The number of ether oxygens (including phenoxy) is 2. The maximum Gasteiger partial charge on any atom is 0.323 e. The fraction of sp³-hybridized carbons (Fsp3) is 0.588. The van der Waals surface area contributed by atoms with Crippen LogP contribution in [-0.2, 0) is 30.9 Å². The highest BCUT2D eigenvalue weighted by Crippen LogP contribution is 2.34. The van der Waals surface area contributed by atoms with Crippen molar-refractivity contribution in [2.24, 2.45) is 11.3 Å². The molecule has 0 N–H and O–H groups in total. The quantitative estimate of drug-likeness (QED) is 0.684. The van der Waals surface area contributed by atoms with Gasteiger partial charge in [-0.25, -0.2) is 4.98 Å². The van der Waals surface area contributed by atoms with Gasteiger partial charge in [-0.2, -0.15) is 10.5 Å². The number of methoxy groups -OCH3 is 1. The molecule has 0 amide bonds. The zero-order chi connectivity index (χ0) is 19.3. The minimum Gasteiger partial charge on any atom is -0.469 e. The second-order valence-electron chi connectivity index (χ2n) is 6.31. The van der Waals surface area contributed by atoms with Gasteiger partial charge in [0.1, 0.15) is 6.26 Å². The minimum absolute atomic E-state index is 0.0843. The number of oxazole rings is 1. The van der Waals surface area contributed by atoms with Crippen molar-refractivity contribution in [3.63, 3.8) is 0 Å². The van der Waals surface area contributed by atoms with Gasteiger partial charge in [0.25, 0.3) is 0 Å². The molecule has 0 radical (unpaired) electrons. The van der Waals surface area contributed by atoms with Crippen molar-refractivity contribution in [2.45, 2.75) is 39.5 Å². The second kappa shape index (κ2) is 7.80. The number of rotatable bonds is 7. The summed E-state index contributed by atoms with van der Waals surface area (Å²) in [5, 5.41) is 18.5. The summed E-state index contributed by atoms with van der Waals surface area (Å²) in [6, 6.07) is 3.56. The van der Waals surface area contributed by atoms with E-state index in [9.17, 15) is 20.1 Å². The molecule has 1 atom stereocenters. The van der Waals surface area contributed by atoms with E-state index >= 15 is 0 Å². The molecule has 0 aliphatic carbocycles. The monoisotopic (exact) mass is 347 g/mol. The summed E-state index contributed by atoms with van der Waals surface area (Å²) in [5.41, 5.74) is -2.13. The van der Waals surface area contributed by atoms with Gasteiger partial charge in [-0.3, -0.25) is 9.59 Å². The molecule has 8 nitrogen and oxygen atoms in total. The first-order valence-electron chi connectivity index (χ1n) is 7.67. The zero-order valence-corrected chi connectivity index (χ0v) is 15.0. The van der Waals surface area contributed by atoms with Gasteiger partial charge in [0.15, 0.2) is 11.3 Å². The summed E-state index contributed by atoms with van der Waals surface area (Å²) >= 11 is 0. The molecule has 0 aliphatic heterocycles. The molecule has 25 heavy (non-hydrogen) atoms. The number of nitriles is 2. The van der Waals surface area contributed by atoms with Crippen LogP contribution >= 0.6 is 0 Å². The van der Waals surface area contributed by atoms with Gasteiger partial charge in [-0.05, 0) is 27.7 Å². The van der Waals surface area contributed by atoms with Crippen molar-refractivity contribution < 1.29 is 23.5 Å². The predicted molar refractivity (Wildman–Crippen MR) is 84.7 cm³/mol. The number of carbonyl (C=O) groups excluding carboxylic acids is 2. The largest absolute Gasteiger partial charge is 0.469 e. The molecule has 0 saturated heterocycles. The third kappa shape index (κ3) is 3.97. The highest BCUT2D eigenvalue weighted by atomic mass is 16.5. The Bertz CT molecular complexity index is 711. The third-order valence-electron chi connectivity index (χ3n) is 3.89. The van der Waals surface area contributed by atoms with Crippen LogP contribution in [0.2, 0.25) is 0 Å². The van der Waals surface area contributed by atoms with Crippen LogP contribution < -0.4 is 0 Å². The van der Waals surface area contributed by atoms with Crippen molar-refractivity contribution in [1.82, 2.24) is 4.98 Å². The summed E-state index contributed by atoms with van der Waals surface area (Å²) in [6.45, 7) is 6.45. The van der Waals surface area contributed by atoms with Crippen molar-refractivity contribution in [1.29, 1.82) is 10.5 Å². The molecular weight excluding hydrogens is 326 g/mol. The number of esters is 2. The Morgan fingerprint density at radius 3 is 2.36 bits per heavy atom. The summed E-state index contributed by atoms with van der Waals surface area (Å²) in [5.74, 6) is -2.64. The smallest absolute Gasteiger partial charge is 0.323 e. The van der Waals surface area contributed by atoms with Crippen molar-refractivity contribution >= 4 is 11.9 Å². The van der Waals surface area contributed by atoms with E-state index in [0.29, 0.717) is 5.69 Å². The molecule has 1 aromatic rings. The summed E-state index contributed by atoms with van der Waals surface area (Å²) in [6.07, 6.45) is 1.50. The molecule has 134 valence electrons. The third-order valence-corrected chi connectivity index (χ3v) is 3.89. The summed E-state index contributed by atoms with van der Waals surface area (Å²) in [4.78, 5) is 28.4. The van der Waals surface area contributed by atoms with E-state index in [1.807, 2.05) is 0 Å². The Balaban J connectivity index is 3.26. The maximum absolute atomic E-state index is 12.4. The number of nitrogens with zero attached hydrogens (tertiary/aromatic N) is 3. The van der Waals surface area contributed by atoms with Crippen LogP contribution in [0.1, 0.15) is 39.3 Å². The van der Waals surface area contributed by atoms with Gasteiger partial charge in [0.05, 0.1) is 37.0 Å². The summed E-state index contributed by atoms with van der Waals surface area (Å²) in [7, 11) is 1.29. The van der Waals surface area contributed by atoms with E-state index in [2.05, 4.69) is 4.98 Å². The topological polar surface area (TPSA) is 126 Å². The van der Waals surface area contributed by atoms with E-state index < -0.39 is 28.7 Å². The first-order chi connectivity index (χ1) is 11.7. The normalized spacial score (nSPS) is 13.4. The van der Waals surface area contributed by atoms with E-state index in [-0.39, 0.29) is 18.9 Å². The second-order valence-corrected chi connectivity index (χ2v) is 6.31. The molecule has 0 spiro atoms. The predicted octanol–water partition coefficient (Wildman–Crippen LogP) is 1.90. The fourth-order valence-electron chi connectivity index (χ4n) is 2.32. The van der Waals surface area contributed by atoms with E-state index in [4.69, 9.17) is 13.9 Å². The molecule has 1 aromatic heterocycles. The Hall–Kier alpha value is -2.87. The van der Waals surface area contributed by atoms with Crippen molar-refractivity contribution in [3.05, 3.63) is 17.8 Å². The molecular formula is C17H21N3O5. The van der Waals surface area contributed by atoms with Crippen molar-refractivity contribution in [2.75, 3.05) is 13.7 Å². The zero-order valence-electron chi connectivity index (χ0n) is 15.0. The van der Waals surface area contributed by atoms with Crippen LogP contribution in [0, 0.1) is 34.0 Å². The molecule has 0 fully saturated rings. The van der Waals surface area contributed by atoms with Gasteiger partial charge >= 0.3 is 11.9 Å². The first-order valence-corrected chi connectivity index (χ1v) is 7.67. The molecule has 0 aromatic carbocycles. The van der Waals surface area contributed by atoms with Crippen molar-refractivity contribution in [3.8, 4) is 12.1 Å². The Kier molecular flexibility index (Phi) is 6.30. The highest BCUT2D eigenvalue weighted by molar-refractivity contribution is 5.83. The van der Waals surface area contributed by atoms with Crippen LogP contribution in [0.15, 0.2) is 10.7 Å². The average Bonchev–Trinajstić information content (AvgIpc) is 3.03. The minimum atomic E-state index is -1.67.